The number of hydrogen-bond donors (Lipinski definition) is 0. The van der Waals surface area contributed by atoms with Crippen molar-refractivity contribution >= 4 is 33.6 Å². The highest BCUT2D eigenvalue weighted by atomic mass is 16.3. The van der Waals surface area contributed by atoms with Crippen LogP contribution < -0.4 is 0 Å². The molecule has 0 aliphatic rings. The summed E-state index contributed by atoms with van der Waals surface area (Å²) in [5, 5.41) is 3.21. The largest absolute Gasteiger partial charge is 0.453 e. The van der Waals surface area contributed by atoms with Gasteiger partial charge in [0.2, 0.25) is 5.78 Å². The van der Waals surface area contributed by atoms with Gasteiger partial charge in [-0.3, -0.25) is 4.79 Å². The van der Waals surface area contributed by atoms with E-state index in [1.165, 1.54) is 5.56 Å². The molecule has 0 spiro atoms. The van der Waals surface area contributed by atoms with Crippen molar-refractivity contribution in [3.05, 3.63) is 89.7 Å². The van der Waals surface area contributed by atoms with Gasteiger partial charge in [0.05, 0.1) is 0 Å². The fourth-order valence-electron chi connectivity index (χ4n) is 2.85. The smallest absolute Gasteiger partial charge is 0.221 e. The summed E-state index contributed by atoms with van der Waals surface area (Å²) < 4.78 is 5.74. The number of carbonyl (C=O) groups is 1. The average molecular weight is 312 g/mol. The maximum Gasteiger partial charge on any atom is 0.221 e. The molecule has 0 aliphatic carbocycles. The Balaban J connectivity index is 1.69. The van der Waals surface area contributed by atoms with Crippen molar-refractivity contribution in [3.8, 4) is 0 Å². The quantitative estimate of drug-likeness (QED) is 0.354. The third-order valence-corrected chi connectivity index (χ3v) is 4.17. The van der Waals surface area contributed by atoms with E-state index in [9.17, 15) is 4.79 Å². The summed E-state index contributed by atoms with van der Waals surface area (Å²) in [5.74, 6) is 0.237. The predicted molar refractivity (Wildman–Crippen MR) is 98.3 cm³/mol. The average Bonchev–Trinajstić information content (AvgIpc) is 3.06. The van der Waals surface area contributed by atoms with E-state index in [1.807, 2.05) is 73.7 Å². The molecule has 24 heavy (non-hydrogen) atoms. The van der Waals surface area contributed by atoms with Gasteiger partial charge in [-0.2, -0.15) is 0 Å². The first-order chi connectivity index (χ1) is 11.7. The van der Waals surface area contributed by atoms with E-state index in [-0.39, 0.29) is 5.78 Å². The summed E-state index contributed by atoms with van der Waals surface area (Å²) >= 11 is 0. The summed E-state index contributed by atoms with van der Waals surface area (Å²) in [6.45, 7) is 2.04. The molecule has 1 aromatic heterocycles. The second-order valence-corrected chi connectivity index (χ2v) is 5.92. The van der Waals surface area contributed by atoms with Crippen LogP contribution in [0.5, 0.6) is 0 Å². The van der Waals surface area contributed by atoms with Crippen LogP contribution in [0.3, 0.4) is 0 Å². The molecule has 0 aliphatic heterocycles. The van der Waals surface area contributed by atoms with Gasteiger partial charge >= 0.3 is 0 Å². The summed E-state index contributed by atoms with van der Waals surface area (Å²) in [6.07, 6.45) is 3.37. The molecular formula is C22H16O2. The number of carbonyl (C=O) groups excluding carboxylic acids is 1. The molecule has 0 bridgehead atoms. The topological polar surface area (TPSA) is 30.2 Å². The maximum atomic E-state index is 12.4. The molecule has 116 valence electrons. The van der Waals surface area contributed by atoms with Crippen LogP contribution in [0.2, 0.25) is 0 Å². The molecule has 4 rings (SSSR count). The van der Waals surface area contributed by atoms with Crippen molar-refractivity contribution in [2.45, 2.75) is 6.92 Å². The van der Waals surface area contributed by atoms with Gasteiger partial charge < -0.3 is 4.42 Å². The van der Waals surface area contributed by atoms with Crippen molar-refractivity contribution in [2.24, 2.45) is 0 Å². The summed E-state index contributed by atoms with van der Waals surface area (Å²) in [6, 6.07) is 21.9. The van der Waals surface area contributed by atoms with Crippen molar-refractivity contribution in [3.63, 3.8) is 0 Å². The zero-order valence-corrected chi connectivity index (χ0v) is 13.3. The van der Waals surface area contributed by atoms with E-state index in [0.29, 0.717) is 5.76 Å². The molecule has 0 radical (unpaired) electrons. The van der Waals surface area contributed by atoms with E-state index in [0.717, 1.165) is 27.3 Å². The lowest BCUT2D eigenvalue weighted by molar-refractivity contribution is 0.102. The highest BCUT2D eigenvalue weighted by molar-refractivity contribution is 6.11. The van der Waals surface area contributed by atoms with Crippen molar-refractivity contribution in [1.82, 2.24) is 0 Å². The molecule has 1 heterocycles. The zero-order chi connectivity index (χ0) is 16.5. The first-order valence-corrected chi connectivity index (χ1v) is 7.91. The number of rotatable bonds is 3. The van der Waals surface area contributed by atoms with Gasteiger partial charge in [0.1, 0.15) is 5.58 Å². The molecule has 2 heteroatoms. The molecule has 2 nitrogen and oxygen atoms in total. The Bertz CT molecular complexity index is 1070. The Labute approximate surface area is 140 Å². The molecule has 3 aromatic carbocycles. The summed E-state index contributed by atoms with van der Waals surface area (Å²) in [5.41, 5.74) is 2.93. The van der Waals surface area contributed by atoms with Crippen LogP contribution in [0.15, 0.2) is 77.2 Å². The van der Waals surface area contributed by atoms with Gasteiger partial charge in [-0.05, 0) is 41.5 Å². The van der Waals surface area contributed by atoms with E-state index >= 15 is 0 Å². The SMILES string of the molecule is Cc1ccc(/C=C/C(=O)c2cc3c(ccc4ccccc43)o2)cc1. The Morgan fingerprint density at radius 2 is 1.71 bits per heavy atom. The summed E-state index contributed by atoms with van der Waals surface area (Å²) in [4.78, 5) is 12.4. The third kappa shape index (κ3) is 2.63. The highest BCUT2D eigenvalue weighted by Crippen LogP contribution is 2.28. The minimum atomic E-state index is -0.129. The first-order valence-electron chi connectivity index (χ1n) is 7.91. The number of hydrogen-bond acceptors (Lipinski definition) is 2. The van der Waals surface area contributed by atoms with Crippen LogP contribution in [0.1, 0.15) is 21.7 Å². The van der Waals surface area contributed by atoms with Crippen LogP contribution in [0.4, 0.5) is 0 Å². The lowest BCUT2D eigenvalue weighted by Crippen LogP contribution is -1.90. The van der Waals surface area contributed by atoms with Gasteiger partial charge in [-0.15, -0.1) is 0 Å². The third-order valence-electron chi connectivity index (χ3n) is 4.17. The lowest BCUT2D eigenvalue weighted by Gasteiger charge is -1.96. The number of allylic oxidation sites excluding steroid dienone is 1. The first kappa shape index (κ1) is 14.5. The molecule has 0 fully saturated rings. The fraction of sp³-hybridized carbons (Fsp3) is 0.0455. The summed E-state index contributed by atoms with van der Waals surface area (Å²) in [7, 11) is 0. The Hall–Kier alpha value is -3.13. The number of aryl methyl sites for hydroxylation is 1. The highest BCUT2D eigenvalue weighted by Gasteiger charge is 2.11. The Kier molecular flexibility index (Phi) is 3.51. The van der Waals surface area contributed by atoms with Crippen LogP contribution in [0, 0.1) is 6.92 Å². The Morgan fingerprint density at radius 1 is 0.917 bits per heavy atom. The van der Waals surface area contributed by atoms with E-state index in [4.69, 9.17) is 4.42 Å². The lowest BCUT2D eigenvalue weighted by atomic mass is 10.1. The van der Waals surface area contributed by atoms with Gasteiger partial charge in [-0.25, -0.2) is 0 Å². The minimum Gasteiger partial charge on any atom is -0.453 e. The van der Waals surface area contributed by atoms with Gasteiger partial charge in [0, 0.05) is 5.39 Å². The van der Waals surface area contributed by atoms with Gasteiger partial charge in [0.25, 0.3) is 0 Å². The van der Waals surface area contributed by atoms with Crippen molar-refractivity contribution < 1.29 is 9.21 Å². The van der Waals surface area contributed by atoms with Gasteiger partial charge in [0.15, 0.2) is 5.76 Å². The number of ketones is 1. The second-order valence-electron chi connectivity index (χ2n) is 5.92. The van der Waals surface area contributed by atoms with Crippen molar-refractivity contribution in [1.29, 1.82) is 0 Å². The molecule has 0 atom stereocenters. The monoisotopic (exact) mass is 312 g/mol. The van der Waals surface area contributed by atoms with E-state index < -0.39 is 0 Å². The zero-order valence-electron chi connectivity index (χ0n) is 13.3. The maximum absolute atomic E-state index is 12.4. The number of furan rings is 1. The van der Waals surface area contributed by atoms with Crippen LogP contribution in [-0.4, -0.2) is 5.78 Å². The molecule has 0 amide bonds. The minimum absolute atomic E-state index is 0.129. The normalized spacial score (nSPS) is 11.5. The van der Waals surface area contributed by atoms with Crippen LogP contribution in [-0.2, 0) is 0 Å². The van der Waals surface area contributed by atoms with Crippen LogP contribution >= 0.6 is 0 Å². The molecule has 0 unspecified atom stereocenters. The second kappa shape index (κ2) is 5.82. The van der Waals surface area contributed by atoms with Crippen LogP contribution in [0.25, 0.3) is 27.8 Å². The molecule has 0 saturated heterocycles. The molecule has 0 N–H and O–H groups in total. The van der Waals surface area contributed by atoms with E-state index in [1.54, 1.807) is 6.08 Å². The van der Waals surface area contributed by atoms with E-state index in [2.05, 4.69) is 6.07 Å². The van der Waals surface area contributed by atoms with Crippen molar-refractivity contribution in [2.75, 3.05) is 0 Å². The predicted octanol–water partition coefficient (Wildman–Crippen LogP) is 5.79. The van der Waals surface area contributed by atoms with Gasteiger partial charge in [-0.1, -0.05) is 66.2 Å². The standard InChI is InChI=1S/C22H16O2/c1-15-6-8-16(9-7-15)10-12-20(23)22-14-19-18-5-3-2-4-17(18)11-13-21(19)24-22/h2-14H,1H3/b12-10+. The fourth-order valence-corrected chi connectivity index (χ4v) is 2.85. The molecular weight excluding hydrogens is 296 g/mol. The number of fused-ring (bicyclic) bond motifs is 3. The molecule has 4 aromatic rings. The molecule has 0 saturated carbocycles. The number of benzene rings is 3. The Morgan fingerprint density at radius 3 is 2.54 bits per heavy atom.